The van der Waals surface area contributed by atoms with Gasteiger partial charge in [-0.15, -0.1) is 0 Å². The predicted molar refractivity (Wildman–Crippen MR) is 60.3 cm³/mol. The van der Waals surface area contributed by atoms with E-state index in [1.165, 1.54) is 24.4 Å². The van der Waals surface area contributed by atoms with E-state index in [1.54, 1.807) is 0 Å². The lowest BCUT2D eigenvalue weighted by Crippen LogP contribution is -2.22. The van der Waals surface area contributed by atoms with Gasteiger partial charge < -0.3 is 10.3 Å². The average molecular weight is 258 g/mol. The number of nitrogens with zero attached hydrogens (tertiary/aromatic N) is 2. The Bertz CT molecular complexity index is 332. The molecule has 4 heteroatoms. The van der Waals surface area contributed by atoms with Gasteiger partial charge in [0.2, 0.25) is 0 Å². The van der Waals surface area contributed by atoms with E-state index in [0.29, 0.717) is 12.5 Å². The summed E-state index contributed by atoms with van der Waals surface area (Å²) in [5, 5.41) is 0. The molecule has 1 aliphatic heterocycles. The monoisotopic (exact) mass is 257 g/mol. The summed E-state index contributed by atoms with van der Waals surface area (Å²) in [4.78, 5) is 4.66. The summed E-state index contributed by atoms with van der Waals surface area (Å²) in [6, 6.07) is 0. The van der Waals surface area contributed by atoms with Gasteiger partial charge in [-0.25, -0.2) is 4.98 Å². The third-order valence-corrected chi connectivity index (χ3v) is 3.81. The summed E-state index contributed by atoms with van der Waals surface area (Å²) in [7, 11) is 0. The lowest BCUT2D eigenvalue weighted by molar-refractivity contribution is 0.444. The molecule has 0 aromatic carbocycles. The molecule has 0 saturated carbocycles. The van der Waals surface area contributed by atoms with Crippen molar-refractivity contribution >= 4 is 15.9 Å². The van der Waals surface area contributed by atoms with Crippen LogP contribution in [0.15, 0.2) is 4.60 Å². The van der Waals surface area contributed by atoms with E-state index in [0.717, 1.165) is 17.6 Å². The van der Waals surface area contributed by atoms with Crippen LogP contribution in [0.4, 0.5) is 0 Å². The molecule has 0 spiro atoms. The highest BCUT2D eigenvalue weighted by molar-refractivity contribution is 9.10. The second-order valence-corrected chi connectivity index (χ2v) is 4.54. The van der Waals surface area contributed by atoms with Crippen molar-refractivity contribution in [2.75, 3.05) is 6.54 Å². The topological polar surface area (TPSA) is 43.8 Å². The molecule has 0 saturated heterocycles. The molecular weight excluding hydrogens is 242 g/mol. The second-order valence-electron chi connectivity index (χ2n) is 3.79. The van der Waals surface area contributed by atoms with Gasteiger partial charge in [-0.3, -0.25) is 0 Å². The largest absolute Gasteiger partial charge is 0.330 e. The van der Waals surface area contributed by atoms with Crippen LogP contribution in [0.5, 0.6) is 0 Å². The average Bonchev–Trinajstić information content (AvgIpc) is 2.55. The van der Waals surface area contributed by atoms with Gasteiger partial charge in [-0.05, 0) is 35.2 Å². The van der Waals surface area contributed by atoms with Crippen LogP contribution in [-0.2, 0) is 13.0 Å². The molecule has 0 fully saturated rings. The molecule has 1 aromatic heterocycles. The Morgan fingerprint density at radius 2 is 2.43 bits per heavy atom. The van der Waals surface area contributed by atoms with Gasteiger partial charge in [-0.1, -0.05) is 6.92 Å². The van der Waals surface area contributed by atoms with Crippen molar-refractivity contribution in [3.63, 3.8) is 0 Å². The Balaban J connectivity index is 2.43. The first-order chi connectivity index (χ1) is 6.77. The summed E-state index contributed by atoms with van der Waals surface area (Å²) in [5.74, 6) is 1.64. The van der Waals surface area contributed by atoms with Crippen LogP contribution in [0.3, 0.4) is 0 Å². The molecule has 14 heavy (non-hydrogen) atoms. The van der Waals surface area contributed by atoms with Crippen LogP contribution in [0, 0.1) is 0 Å². The zero-order valence-electron chi connectivity index (χ0n) is 8.46. The highest BCUT2D eigenvalue weighted by atomic mass is 79.9. The standard InChI is InChI=1S/C10H16BrN3/c1-2-8-9(11)14-5-3-4-7(6-12)10(14)13-8/h7H,2-6,12H2,1H3. The first-order valence-corrected chi connectivity index (χ1v) is 6.02. The molecule has 0 aliphatic carbocycles. The number of halogens is 1. The van der Waals surface area contributed by atoms with Crippen LogP contribution in [0.25, 0.3) is 0 Å². The molecule has 1 atom stereocenters. The number of rotatable bonds is 2. The van der Waals surface area contributed by atoms with Gasteiger partial charge in [0.05, 0.1) is 5.69 Å². The summed E-state index contributed by atoms with van der Waals surface area (Å²) in [5.41, 5.74) is 6.92. The lowest BCUT2D eigenvalue weighted by Gasteiger charge is -2.22. The van der Waals surface area contributed by atoms with Crippen molar-refractivity contribution < 1.29 is 0 Å². The Morgan fingerprint density at radius 3 is 3.07 bits per heavy atom. The maximum atomic E-state index is 5.75. The summed E-state index contributed by atoms with van der Waals surface area (Å²) >= 11 is 3.61. The van der Waals surface area contributed by atoms with E-state index in [2.05, 4.69) is 32.4 Å². The van der Waals surface area contributed by atoms with Gasteiger partial charge in [0.15, 0.2) is 0 Å². The zero-order chi connectivity index (χ0) is 10.1. The third kappa shape index (κ3) is 1.50. The molecule has 1 unspecified atom stereocenters. The predicted octanol–water partition coefficient (Wildman–Crippen LogP) is 2.04. The van der Waals surface area contributed by atoms with Gasteiger partial charge >= 0.3 is 0 Å². The number of imidazole rings is 1. The summed E-state index contributed by atoms with van der Waals surface area (Å²) in [6.07, 6.45) is 3.38. The normalized spacial score (nSPS) is 20.9. The van der Waals surface area contributed by atoms with E-state index in [9.17, 15) is 0 Å². The van der Waals surface area contributed by atoms with E-state index in [-0.39, 0.29) is 0 Å². The van der Waals surface area contributed by atoms with Gasteiger partial charge in [0, 0.05) is 19.0 Å². The lowest BCUT2D eigenvalue weighted by atomic mass is 9.99. The molecule has 0 bridgehead atoms. The van der Waals surface area contributed by atoms with E-state index in [4.69, 9.17) is 5.73 Å². The molecule has 0 radical (unpaired) electrons. The van der Waals surface area contributed by atoms with Crippen LogP contribution in [-0.4, -0.2) is 16.1 Å². The minimum atomic E-state index is 0.459. The number of nitrogens with two attached hydrogens (primary N) is 1. The molecule has 2 heterocycles. The first-order valence-electron chi connectivity index (χ1n) is 5.22. The van der Waals surface area contributed by atoms with Gasteiger partial charge in [-0.2, -0.15) is 0 Å². The van der Waals surface area contributed by atoms with Crippen molar-refractivity contribution in [2.24, 2.45) is 5.73 Å². The number of fused-ring (bicyclic) bond motifs is 1. The Kier molecular flexibility index (Phi) is 2.93. The fourth-order valence-electron chi connectivity index (χ4n) is 2.10. The number of hydrogen-bond acceptors (Lipinski definition) is 2. The zero-order valence-corrected chi connectivity index (χ0v) is 10.0. The van der Waals surface area contributed by atoms with Crippen molar-refractivity contribution in [3.05, 3.63) is 16.1 Å². The third-order valence-electron chi connectivity index (χ3n) is 2.92. The number of aromatic nitrogens is 2. The van der Waals surface area contributed by atoms with Gasteiger partial charge in [0.1, 0.15) is 10.4 Å². The van der Waals surface area contributed by atoms with Gasteiger partial charge in [0.25, 0.3) is 0 Å². The molecule has 2 N–H and O–H groups in total. The molecular formula is C10H16BrN3. The molecule has 78 valence electrons. The molecule has 0 amide bonds. The van der Waals surface area contributed by atoms with Crippen molar-refractivity contribution in [2.45, 2.75) is 38.6 Å². The first kappa shape index (κ1) is 10.2. The van der Waals surface area contributed by atoms with Crippen molar-refractivity contribution in [3.8, 4) is 0 Å². The number of aryl methyl sites for hydroxylation is 1. The highest BCUT2D eigenvalue weighted by Crippen LogP contribution is 2.31. The summed E-state index contributed by atoms with van der Waals surface area (Å²) in [6.45, 7) is 3.93. The SMILES string of the molecule is CCc1nc2n(c1Br)CCCC2CN. The van der Waals surface area contributed by atoms with E-state index < -0.39 is 0 Å². The molecule has 3 nitrogen and oxygen atoms in total. The number of hydrogen-bond donors (Lipinski definition) is 1. The van der Waals surface area contributed by atoms with E-state index >= 15 is 0 Å². The van der Waals surface area contributed by atoms with Crippen LogP contribution >= 0.6 is 15.9 Å². The molecule has 2 rings (SSSR count). The minimum Gasteiger partial charge on any atom is -0.330 e. The molecule has 1 aliphatic rings. The van der Waals surface area contributed by atoms with Crippen LogP contribution in [0.2, 0.25) is 0 Å². The van der Waals surface area contributed by atoms with E-state index in [1.807, 2.05) is 0 Å². The maximum absolute atomic E-state index is 5.75. The highest BCUT2D eigenvalue weighted by Gasteiger charge is 2.24. The Morgan fingerprint density at radius 1 is 1.64 bits per heavy atom. The Labute approximate surface area is 92.8 Å². The second kappa shape index (κ2) is 4.03. The van der Waals surface area contributed by atoms with Crippen molar-refractivity contribution in [1.29, 1.82) is 0 Å². The van der Waals surface area contributed by atoms with Crippen LogP contribution in [0.1, 0.15) is 37.2 Å². The molecule has 1 aromatic rings. The Hall–Kier alpha value is -0.350. The fraction of sp³-hybridized carbons (Fsp3) is 0.700. The minimum absolute atomic E-state index is 0.459. The smallest absolute Gasteiger partial charge is 0.114 e. The quantitative estimate of drug-likeness (QED) is 0.882. The van der Waals surface area contributed by atoms with Crippen LogP contribution < -0.4 is 5.73 Å². The summed E-state index contributed by atoms with van der Waals surface area (Å²) < 4.78 is 3.44. The fourth-order valence-corrected chi connectivity index (χ4v) is 2.83. The maximum Gasteiger partial charge on any atom is 0.114 e. The van der Waals surface area contributed by atoms with Crippen molar-refractivity contribution in [1.82, 2.24) is 9.55 Å².